The molecule has 0 atom stereocenters. The molecule has 0 spiro atoms. The quantitative estimate of drug-likeness (QED) is 0.759. The molecule has 2 aromatic rings. The topological polar surface area (TPSA) is 40.5 Å². The van der Waals surface area contributed by atoms with Gasteiger partial charge in [0, 0.05) is 30.1 Å². The number of nitrogens with zero attached hydrogens (tertiary/aromatic N) is 1. The summed E-state index contributed by atoms with van der Waals surface area (Å²) < 4.78 is 13.2. The molecule has 0 aliphatic carbocycles. The van der Waals surface area contributed by atoms with Gasteiger partial charge in [-0.2, -0.15) is 0 Å². The van der Waals surface area contributed by atoms with Crippen LogP contribution >= 0.6 is 11.6 Å². The molecular formula is C21H23ClFNO2. The summed E-state index contributed by atoms with van der Waals surface area (Å²) in [5.74, 6) is -0.410. The van der Waals surface area contributed by atoms with Crippen molar-refractivity contribution in [2.75, 3.05) is 19.6 Å². The molecule has 0 radical (unpaired) electrons. The van der Waals surface area contributed by atoms with Crippen LogP contribution in [0.25, 0.3) is 0 Å². The van der Waals surface area contributed by atoms with Crippen LogP contribution < -0.4 is 0 Å². The van der Waals surface area contributed by atoms with E-state index >= 15 is 0 Å². The number of likely N-dealkylation sites (tertiary alicyclic amines) is 1. The molecular weight excluding hydrogens is 353 g/mol. The molecule has 2 aromatic carbocycles. The van der Waals surface area contributed by atoms with Crippen molar-refractivity contribution in [3.63, 3.8) is 0 Å². The van der Waals surface area contributed by atoms with E-state index in [0.29, 0.717) is 29.8 Å². The van der Waals surface area contributed by atoms with Crippen molar-refractivity contribution in [2.24, 2.45) is 0 Å². The van der Waals surface area contributed by atoms with Gasteiger partial charge in [-0.3, -0.25) is 4.79 Å². The monoisotopic (exact) mass is 375 g/mol. The highest BCUT2D eigenvalue weighted by Crippen LogP contribution is 2.33. The Labute approximate surface area is 158 Å². The van der Waals surface area contributed by atoms with Gasteiger partial charge in [0.15, 0.2) is 5.78 Å². The zero-order chi connectivity index (χ0) is 18.6. The minimum absolute atomic E-state index is 0.0285. The molecule has 138 valence electrons. The van der Waals surface area contributed by atoms with Gasteiger partial charge in [-0.1, -0.05) is 35.9 Å². The molecule has 0 bridgehead atoms. The molecule has 1 aliphatic rings. The SMILES string of the molecule is O=C(CCCN1CCC(O)(c2ccc(Cl)cc2)CC1)c1cccc(F)c1. The second-order valence-electron chi connectivity index (χ2n) is 6.92. The lowest BCUT2D eigenvalue weighted by Crippen LogP contribution is -2.42. The molecule has 3 rings (SSSR count). The van der Waals surface area contributed by atoms with Gasteiger partial charge in [0.25, 0.3) is 0 Å². The molecule has 1 saturated heterocycles. The maximum atomic E-state index is 13.2. The van der Waals surface area contributed by atoms with E-state index in [9.17, 15) is 14.3 Å². The van der Waals surface area contributed by atoms with Gasteiger partial charge in [0.05, 0.1) is 5.60 Å². The maximum absolute atomic E-state index is 13.2. The van der Waals surface area contributed by atoms with Crippen LogP contribution in [0.15, 0.2) is 48.5 Å². The number of carbonyl (C=O) groups is 1. The molecule has 3 nitrogen and oxygen atoms in total. The van der Waals surface area contributed by atoms with E-state index < -0.39 is 5.60 Å². The van der Waals surface area contributed by atoms with Crippen LogP contribution in [0.2, 0.25) is 5.02 Å². The van der Waals surface area contributed by atoms with Gasteiger partial charge in [0.2, 0.25) is 0 Å². The van der Waals surface area contributed by atoms with Crippen molar-refractivity contribution in [3.8, 4) is 0 Å². The van der Waals surface area contributed by atoms with E-state index in [2.05, 4.69) is 4.90 Å². The molecule has 1 N–H and O–H groups in total. The minimum atomic E-state index is -0.807. The molecule has 0 amide bonds. The van der Waals surface area contributed by atoms with E-state index in [1.807, 2.05) is 12.1 Å². The minimum Gasteiger partial charge on any atom is -0.385 e. The van der Waals surface area contributed by atoms with E-state index in [4.69, 9.17) is 11.6 Å². The summed E-state index contributed by atoms with van der Waals surface area (Å²) in [6.07, 6.45) is 2.45. The maximum Gasteiger partial charge on any atom is 0.163 e. The van der Waals surface area contributed by atoms with Crippen LogP contribution in [-0.2, 0) is 5.60 Å². The van der Waals surface area contributed by atoms with Gasteiger partial charge >= 0.3 is 0 Å². The second kappa shape index (κ2) is 8.30. The number of hydrogen-bond donors (Lipinski definition) is 1. The zero-order valence-corrected chi connectivity index (χ0v) is 15.4. The molecule has 1 fully saturated rings. The third kappa shape index (κ3) is 4.70. The van der Waals surface area contributed by atoms with Crippen molar-refractivity contribution >= 4 is 17.4 Å². The Balaban J connectivity index is 1.45. The normalized spacial score (nSPS) is 17.2. The molecule has 0 aromatic heterocycles. The summed E-state index contributed by atoms with van der Waals surface area (Å²) >= 11 is 5.92. The fourth-order valence-corrected chi connectivity index (χ4v) is 3.59. The Hall–Kier alpha value is -1.75. The first-order valence-corrected chi connectivity index (χ1v) is 9.34. The summed E-state index contributed by atoms with van der Waals surface area (Å²) in [6.45, 7) is 2.37. The highest BCUT2D eigenvalue weighted by atomic mass is 35.5. The second-order valence-corrected chi connectivity index (χ2v) is 7.35. The largest absolute Gasteiger partial charge is 0.385 e. The van der Waals surface area contributed by atoms with Crippen molar-refractivity contribution in [1.29, 1.82) is 0 Å². The predicted molar refractivity (Wildman–Crippen MR) is 101 cm³/mol. The Kier molecular flexibility index (Phi) is 6.07. The number of benzene rings is 2. The van der Waals surface area contributed by atoms with E-state index in [1.54, 1.807) is 24.3 Å². The lowest BCUT2D eigenvalue weighted by atomic mass is 9.84. The number of aliphatic hydroxyl groups is 1. The summed E-state index contributed by atoms with van der Waals surface area (Å²) in [4.78, 5) is 14.4. The van der Waals surface area contributed by atoms with E-state index in [-0.39, 0.29) is 11.6 Å². The molecule has 0 unspecified atom stereocenters. The first kappa shape index (κ1) is 19.0. The highest BCUT2D eigenvalue weighted by Gasteiger charge is 2.33. The third-order valence-electron chi connectivity index (χ3n) is 5.09. The number of carbonyl (C=O) groups excluding carboxylic acids is 1. The summed E-state index contributed by atoms with van der Waals surface area (Å²) in [7, 11) is 0. The third-order valence-corrected chi connectivity index (χ3v) is 5.34. The van der Waals surface area contributed by atoms with Gasteiger partial charge in [0.1, 0.15) is 5.82 Å². The van der Waals surface area contributed by atoms with Crippen molar-refractivity contribution in [1.82, 2.24) is 4.90 Å². The average molecular weight is 376 g/mol. The highest BCUT2D eigenvalue weighted by molar-refractivity contribution is 6.30. The number of ketones is 1. The number of halogens is 2. The fraction of sp³-hybridized carbons (Fsp3) is 0.381. The van der Waals surface area contributed by atoms with Crippen LogP contribution in [0, 0.1) is 5.82 Å². The van der Waals surface area contributed by atoms with Crippen molar-refractivity contribution in [3.05, 3.63) is 70.5 Å². The molecule has 26 heavy (non-hydrogen) atoms. The van der Waals surface area contributed by atoms with Crippen LogP contribution in [0.1, 0.15) is 41.6 Å². The van der Waals surface area contributed by atoms with E-state index in [1.165, 1.54) is 12.1 Å². The smallest absolute Gasteiger partial charge is 0.163 e. The number of hydrogen-bond acceptors (Lipinski definition) is 3. The Bertz CT molecular complexity index is 755. The first-order chi connectivity index (χ1) is 12.5. The van der Waals surface area contributed by atoms with E-state index in [0.717, 1.165) is 31.6 Å². The summed E-state index contributed by atoms with van der Waals surface area (Å²) in [5.41, 5.74) is 0.530. The zero-order valence-electron chi connectivity index (χ0n) is 14.6. The molecule has 1 heterocycles. The fourth-order valence-electron chi connectivity index (χ4n) is 3.46. The van der Waals surface area contributed by atoms with Crippen molar-refractivity contribution in [2.45, 2.75) is 31.3 Å². The number of Topliss-reactive ketones (excluding diaryl/α,β-unsaturated/α-hetero) is 1. The predicted octanol–water partition coefficient (Wildman–Crippen LogP) is 4.43. The van der Waals surface area contributed by atoms with Crippen LogP contribution in [-0.4, -0.2) is 35.4 Å². The van der Waals surface area contributed by atoms with Gasteiger partial charge in [-0.15, -0.1) is 0 Å². The molecule has 0 saturated carbocycles. The summed E-state index contributed by atoms with van der Waals surface area (Å²) in [6, 6.07) is 13.2. The molecule has 1 aliphatic heterocycles. The summed E-state index contributed by atoms with van der Waals surface area (Å²) in [5, 5.41) is 11.5. The first-order valence-electron chi connectivity index (χ1n) is 8.96. The Morgan fingerprint density at radius 2 is 1.85 bits per heavy atom. The van der Waals surface area contributed by atoms with Gasteiger partial charge in [-0.05, 0) is 55.6 Å². The number of rotatable bonds is 6. The average Bonchev–Trinajstić information content (AvgIpc) is 2.64. The standard InChI is InChI=1S/C21H23ClFNO2/c22-18-8-6-17(7-9-18)21(26)10-13-24(14-11-21)12-2-5-20(25)16-3-1-4-19(23)15-16/h1,3-4,6-9,15,26H,2,5,10-14H2. The van der Waals surface area contributed by atoms with Crippen LogP contribution in [0.5, 0.6) is 0 Å². The van der Waals surface area contributed by atoms with Gasteiger partial charge in [-0.25, -0.2) is 4.39 Å². The lowest BCUT2D eigenvalue weighted by molar-refractivity contribution is -0.0260. The molecule has 5 heteroatoms. The van der Waals surface area contributed by atoms with Crippen molar-refractivity contribution < 1.29 is 14.3 Å². The van der Waals surface area contributed by atoms with Crippen LogP contribution in [0.3, 0.4) is 0 Å². The number of piperidine rings is 1. The van der Waals surface area contributed by atoms with Crippen LogP contribution in [0.4, 0.5) is 4.39 Å². The van der Waals surface area contributed by atoms with Gasteiger partial charge < -0.3 is 10.0 Å². The Morgan fingerprint density at radius 3 is 2.50 bits per heavy atom. The lowest BCUT2D eigenvalue weighted by Gasteiger charge is -2.38. The Morgan fingerprint density at radius 1 is 1.15 bits per heavy atom.